The Kier molecular flexibility index (Phi) is 4.62. The molecule has 0 fully saturated rings. The lowest BCUT2D eigenvalue weighted by atomic mass is 10.1. The summed E-state index contributed by atoms with van der Waals surface area (Å²) < 4.78 is 0. The molecule has 0 spiro atoms. The first-order chi connectivity index (χ1) is 12.0. The van der Waals surface area contributed by atoms with Crippen LogP contribution in [-0.4, -0.2) is 9.97 Å². The molecule has 5 nitrogen and oxygen atoms in total. The van der Waals surface area contributed by atoms with Gasteiger partial charge in [0, 0.05) is 17.6 Å². The minimum absolute atomic E-state index is 0.497. The average Bonchev–Trinajstić information content (AvgIpc) is 2.59. The summed E-state index contributed by atoms with van der Waals surface area (Å²) in [6.45, 7) is 6.26. The number of aryl methyl sites for hydroxylation is 3. The molecule has 0 aliphatic heterocycles. The van der Waals surface area contributed by atoms with Crippen molar-refractivity contribution in [1.29, 1.82) is 5.26 Å². The molecular weight excluding hydrogens is 312 g/mol. The van der Waals surface area contributed by atoms with E-state index in [9.17, 15) is 0 Å². The molecule has 2 aromatic carbocycles. The molecule has 3 aromatic rings. The van der Waals surface area contributed by atoms with Crippen LogP contribution in [-0.2, 0) is 0 Å². The molecule has 1 aromatic heterocycles. The maximum absolute atomic E-state index is 8.85. The predicted octanol–water partition coefficient (Wildman–Crippen LogP) is 4.76. The highest BCUT2D eigenvalue weighted by Gasteiger charge is 2.06. The number of hydrogen-bond acceptors (Lipinski definition) is 5. The Morgan fingerprint density at radius 2 is 1.60 bits per heavy atom. The molecule has 3 rings (SSSR count). The quantitative estimate of drug-likeness (QED) is 0.721. The Labute approximate surface area is 147 Å². The van der Waals surface area contributed by atoms with E-state index in [-0.39, 0.29) is 0 Å². The highest BCUT2D eigenvalue weighted by molar-refractivity contribution is 5.66. The van der Waals surface area contributed by atoms with Gasteiger partial charge < -0.3 is 10.6 Å². The molecule has 25 heavy (non-hydrogen) atoms. The number of anilines is 4. The van der Waals surface area contributed by atoms with Gasteiger partial charge in [-0.05, 0) is 62.2 Å². The fraction of sp³-hybridized carbons (Fsp3) is 0.150. The summed E-state index contributed by atoms with van der Waals surface area (Å²) >= 11 is 0. The van der Waals surface area contributed by atoms with E-state index >= 15 is 0 Å². The summed E-state index contributed by atoms with van der Waals surface area (Å²) in [7, 11) is 0. The lowest BCUT2D eigenvalue weighted by Gasteiger charge is -2.14. The molecule has 5 heteroatoms. The van der Waals surface area contributed by atoms with Crippen LogP contribution < -0.4 is 10.6 Å². The second-order valence-electron chi connectivity index (χ2n) is 5.98. The first-order valence-corrected chi connectivity index (χ1v) is 8.00. The highest BCUT2D eigenvalue weighted by atomic mass is 15.1. The van der Waals surface area contributed by atoms with Gasteiger partial charge in [-0.25, -0.2) is 4.98 Å². The highest BCUT2D eigenvalue weighted by Crippen LogP contribution is 2.25. The summed E-state index contributed by atoms with van der Waals surface area (Å²) in [6, 6.07) is 15.4. The van der Waals surface area contributed by atoms with Crippen molar-refractivity contribution in [3.63, 3.8) is 0 Å². The fourth-order valence-corrected chi connectivity index (χ4v) is 2.75. The summed E-state index contributed by atoms with van der Waals surface area (Å²) in [5.74, 6) is 1.22. The third-order valence-corrected chi connectivity index (χ3v) is 3.86. The summed E-state index contributed by atoms with van der Waals surface area (Å²) in [5.41, 5.74) is 6.11. The van der Waals surface area contributed by atoms with E-state index in [4.69, 9.17) is 5.26 Å². The Morgan fingerprint density at radius 3 is 2.24 bits per heavy atom. The number of benzene rings is 2. The van der Waals surface area contributed by atoms with Gasteiger partial charge in [-0.3, -0.25) is 0 Å². The van der Waals surface area contributed by atoms with Gasteiger partial charge in [0.05, 0.1) is 11.6 Å². The van der Waals surface area contributed by atoms with Crippen molar-refractivity contribution >= 4 is 23.1 Å². The van der Waals surface area contributed by atoms with Crippen LogP contribution in [0.1, 0.15) is 22.3 Å². The molecule has 0 aliphatic rings. The molecule has 0 aliphatic carbocycles. The second-order valence-corrected chi connectivity index (χ2v) is 5.98. The number of hydrogen-bond donors (Lipinski definition) is 2. The van der Waals surface area contributed by atoms with Crippen molar-refractivity contribution in [2.45, 2.75) is 20.8 Å². The van der Waals surface area contributed by atoms with Crippen LogP contribution in [0, 0.1) is 32.1 Å². The van der Waals surface area contributed by atoms with Gasteiger partial charge in [-0.1, -0.05) is 17.7 Å². The molecule has 0 amide bonds. The van der Waals surface area contributed by atoms with Crippen LogP contribution in [0.25, 0.3) is 0 Å². The maximum Gasteiger partial charge on any atom is 0.229 e. The summed E-state index contributed by atoms with van der Waals surface area (Å²) in [6.07, 6.45) is 1.71. The topological polar surface area (TPSA) is 73.6 Å². The number of nitrogens with one attached hydrogen (secondary N) is 2. The molecular formula is C20H19N5. The summed E-state index contributed by atoms with van der Waals surface area (Å²) in [4.78, 5) is 8.76. The SMILES string of the molecule is Cc1cc(C)c(Nc2ccnc(Nc3ccc([14C]#N)cc3)n2)c(C)c1. The van der Waals surface area contributed by atoms with Crippen LogP contribution in [0.15, 0.2) is 48.7 Å². The van der Waals surface area contributed by atoms with Crippen molar-refractivity contribution in [3.8, 4) is 6.07 Å². The molecule has 1 heterocycles. The Balaban J connectivity index is 1.81. The fourth-order valence-electron chi connectivity index (χ4n) is 2.75. The van der Waals surface area contributed by atoms with Gasteiger partial charge in [0.25, 0.3) is 0 Å². The molecule has 0 saturated carbocycles. The van der Waals surface area contributed by atoms with Gasteiger partial charge in [0.1, 0.15) is 5.82 Å². The smallest absolute Gasteiger partial charge is 0.229 e. The monoisotopic (exact) mass is 331 g/mol. The molecule has 0 radical (unpaired) electrons. The van der Waals surface area contributed by atoms with E-state index in [0.29, 0.717) is 11.5 Å². The lowest BCUT2D eigenvalue weighted by Crippen LogP contribution is -2.02. The van der Waals surface area contributed by atoms with Crippen LogP contribution in [0.2, 0.25) is 0 Å². The minimum atomic E-state index is 0.497. The zero-order valence-electron chi connectivity index (χ0n) is 14.5. The van der Waals surface area contributed by atoms with Crippen LogP contribution in [0.4, 0.5) is 23.1 Å². The van der Waals surface area contributed by atoms with Crippen LogP contribution in [0.5, 0.6) is 0 Å². The van der Waals surface area contributed by atoms with E-state index < -0.39 is 0 Å². The van der Waals surface area contributed by atoms with E-state index in [1.54, 1.807) is 18.3 Å². The van der Waals surface area contributed by atoms with E-state index in [1.807, 2.05) is 18.2 Å². The standard InChI is InChI=1S/C20H19N5/c1-13-10-14(2)19(15(3)11-13)24-18-8-9-22-20(25-18)23-17-6-4-16(12-21)5-7-17/h4-11H,1-3H3,(H2,22,23,24,25)/i12+2. The molecule has 0 bridgehead atoms. The van der Waals surface area contributed by atoms with Gasteiger partial charge in [0.2, 0.25) is 5.95 Å². The first kappa shape index (κ1) is 16.5. The van der Waals surface area contributed by atoms with Crippen molar-refractivity contribution in [1.82, 2.24) is 9.97 Å². The zero-order valence-corrected chi connectivity index (χ0v) is 14.5. The van der Waals surface area contributed by atoms with Gasteiger partial charge in [-0.2, -0.15) is 10.2 Å². The van der Waals surface area contributed by atoms with E-state index in [0.717, 1.165) is 17.2 Å². The predicted molar refractivity (Wildman–Crippen MR) is 100 cm³/mol. The Hall–Kier alpha value is -3.39. The average molecular weight is 331 g/mol. The van der Waals surface area contributed by atoms with Gasteiger partial charge in [-0.15, -0.1) is 0 Å². The maximum atomic E-state index is 8.85. The number of aromatic nitrogens is 2. The number of nitriles is 1. The second kappa shape index (κ2) is 7.02. The van der Waals surface area contributed by atoms with Crippen molar-refractivity contribution in [2.24, 2.45) is 0 Å². The first-order valence-electron chi connectivity index (χ1n) is 8.00. The molecule has 0 atom stereocenters. The molecule has 2 N–H and O–H groups in total. The van der Waals surface area contributed by atoms with Gasteiger partial charge >= 0.3 is 0 Å². The molecule has 124 valence electrons. The largest absolute Gasteiger partial charge is 0.340 e. The lowest BCUT2D eigenvalue weighted by molar-refractivity contribution is 1.16. The van der Waals surface area contributed by atoms with Crippen molar-refractivity contribution in [3.05, 3.63) is 70.9 Å². The minimum Gasteiger partial charge on any atom is -0.340 e. The zero-order chi connectivity index (χ0) is 17.8. The number of nitrogens with zero attached hydrogens (tertiary/aromatic N) is 3. The normalized spacial score (nSPS) is 10.2. The molecule has 0 saturated heterocycles. The van der Waals surface area contributed by atoms with Crippen LogP contribution in [0.3, 0.4) is 0 Å². The van der Waals surface area contributed by atoms with E-state index in [2.05, 4.69) is 59.6 Å². The third kappa shape index (κ3) is 3.93. The Morgan fingerprint density at radius 1 is 0.920 bits per heavy atom. The molecule has 0 unspecified atom stereocenters. The Bertz CT molecular complexity index is 916. The van der Waals surface area contributed by atoms with Crippen molar-refractivity contribution in [2.75, 3.05) is 10.6 Å². The van der Waals surface area contributed by atoms with Gasteiger partial charge in [0.15, 0.2) is 0 Å². The number of rotatable bonds is 4. The summed E-state index contributed by atoms with van der Waals surface area (Å²) in [5, 5.41) is 15.4. The van der Waals surface area contributed by atoms with E-state index in [1.165, 1.54) is 16.7 Å². The van der Waals surface area contributed by atoms with Crippen LogP contribution >= 0.6 is 0 Å². The third-order valence-electron chi connectivity index (χ3n) is 3.86. The van der Waals surface area contributed by atoms with Crippen molar-refractivity contribution < 1.29 is 0 Å².